The first-order chi connectivity index (χ1) is 3.56. The van der Waals surface area contributed by atoms with Gasteiger partial charge in [-0.1, -0.05) is 0 Å². The lowest BCUT2D eigenvalue weighted by atomic mass is 10.7. The molecule has 0 aromatic rings. The van der Waals surface area contributed by atoms with Crippen LogP contribution in [0, 0.1) is 0 Å². The highest BCUT2D eigenvalue weighted by Crippen LogP contribution is 2.14. The van der Waals surface area contributed by atoms with Crippen molar-refractivity contribution >= 4 is 12.4 Å². The van der Waals surface area contributed by atoms with Gasteiger partial charge in [-0.2, -0.15) is 0 Å². The summed E-state index contributed by atoms with van der Waals surface area (Å²) in [4.78, 5) is 0. The zero-order valence-electron chi connectivity index (χ0n) is 4.44. The van der Waals surface area contributed by atoms with E-state index in [0.29, 0.717) is 0 Å². The molecule has 0 unspecified atom stereocenters. The summed E-state index contributed by atoms with van der Waals surface area (Å²) in [6, 6.07) is 0. The SMILES string of the molecule is Cl.NCCOC(F)(F)F. The van der Waals surface area contributed by atoms with E-state index < -0.39 is 13.0 Å². The molecule has 0 aliphatic rings. The summed E-state index contributed by atoms with van der Waals surface area (Å²) >= 11 is 0. The van der Waals surface area contributed by atoms with Gasteiger partial charge in [-0.05, 0) is 0 Å². The predicted octanol–water partition coefficient (Wildman–Crippen LogP) is 0.903. The summed E-state index contributed by atoms with van der Waals surface area (Å²) < 4.78 is 36.1. The van der Waals surface area contributed by atoms with Gasteiger partial charge in [-0.25, -0.2) is 0 Å². The number of ether oxygens (including phenoxy) is 1. The fourth-order valence-corrected chi connectivity index (χ4v) is 0.175. The lowest BCUT2D eigenvalue weighted by Crippen LogP contribution is -2.19. The monoisotopic (exact) mass is 165 g/mol. The molecule has 0 heterocycles. The number of halogens is 4. The Bertz CT molecular complexity index is 66.6. The fraction of sp³-hybridized carbons (Fsp3) is 1.00. The molecule has 0 radical (unpaired) electrons. The van der Waals surface area contributed by atoms with E-state index in [0.717, 1.165) is 0 Å². The van der Waals surface area contributed by atoms with Gasteiger partial charge < -0.3 is 5.73 Å². The maximum Gasteiger partial charge on any atom is 0.522 e. The highest BCUT2D eigenvalue weighted by Gasteiger charge is 2.28. The molecule has 0 atom stereocenters. The Morgan fingerprint density at radius 2 is 1.78 bits per heavy atom. The van der Waals surface area contributed by atoms with Crippen LogP contribution in [0.3, 0.4) is 0 Å². The molecular formula is C3H7ClF3NO. The van der Waals surface area contributed by atoms with E-state index in [1.54, 1.807) is 0 Å². The van der Waals surface area contributed by atoms with Crippen LogP contribution in [-0.4, -0.2) is 19.5 Å². The van der Waals surface area contributed by atoms with Crippen molar-refractivity contribution in [3.63, 3.8) is 0 Å². The molecule has 0 rings (SSSR count). The van der Waals surface area contributed by atoms with Crippen molar-refractivity contribution in [1.29, 1.82) is 0 Å². The summed E-state index contributed by atoms with van der Waals surface area (Å²) in [5.41, 5.74) is 4.71. The average molecular weight is 166 g/mol. The van der Waals surface area contributed by atoms with Gasteiger partial charge in [0.05, 0.1) is 6.61 Å². The third-order valence-corrected chi connectivity index (χ3v) is 0.384. The number of alkyl halides is 3. The second kappa shape index (κ2) is 4.84. The van der Waals surface area contributed by atoms with E-state index in [-0.39, 0.29) is 19.0 Å². The van der Waals surface area contributed by atoms with Gasteiger partial charge in [0.15, 0.2) is 0 Å². The molecule has 6 heteroatoms. The minimum Gasteiger partial charge on any atom is -0.328 e. The Morgan fingerprint density at radius 1 is 1.33 bits per heavy atom. The van der Waals surface area contributed by atoms with Gasteiger partial charge in [0.1, 0.15) is 0 Å². The van der Waals surface area contributed by atoms with Gasteiger partial charge >= 0.3 is 6.36 Å². The van der Waals surface area contributed by atoms with Gasteiger partial charge in [0.2, 0.25) is 0 Å². The van der Waals surface area contributed by atoms with Crippen LogP contribution in [0.2, 0.25) is 0 Å². The number of rotatable bonds is 2. The minimum absolute atomic E-state index is 0. The summed E-state index contributed by atoms with van der Waals surface area (Å²) in [6.07, 6.45) is -4.53. The number of hydrogen-bond donors (Lipinski definition) is 1. The molecule has 0 spiro atoms. The van der Waals surface area contributed by atoms with Crippen LogP contribution in [0.5, 0.6) is 0 Å². The Balaban J connectivity index is 0. The summed E-state index contributed by atoms with van der Waals surface area (Å²) in [7, 11) is 0. The Labute approximate surface area is 56.6 Å². The molecule has 0 saturated heterocycles. The van der Waals surface area contributed by atoms with E-state index in [1.807, 2.05) is 0 Å². The van der Waals surface area contributed by atoms with Crippen LogP contribution < -0.4 is 5.73 Å². The topological polar surface area (TPSA) is 35.2 Å². The number of nitrogens with two attached hydrogens (primary N) is 1. The normalized spacial score (nSPS) is 10.7. The molecule has 58 valence electrons. The molecule has 2 N–H and O–H groups in total. The first-order valence-corrected chi connectivity index (χ1v) is 1.97. The Kier molecular flexibility index (Phi) is 6.32. The zero-order valence-corrected chi connectivity index (χ0v) is 5.26. The molecular weight excluding hydrogens is 158 g/mol. The first-order valence-electron chi connectivity index (χ1n) is 1.97. The van der Waals surface area contributed by atoms with Crippen LogP contribution in [0.4, 0.5) is 13.2 Å². The van der Waals surface area contributed by atoms with Crippen molar-refractivity contribution < 1.29 is 17.9 Å². The highest BCUT2D eigenvalue weighted by molar-refractivity contribution is 5.85. The highest BCUT2D eigenvalue weighted by atomic mass is 35.5. The Hall–Kier alpha value is -0.0000000000000000555. The molecule has 0 aliphatic heterocycles. The first kappa shape index (κ1) is 11.8. The van der Waals surface area contributed by atoms with Crippen molar-refractivity contribution in [2.75, 3.05) is 13.2 Å². The lowest BCUT2D eigenvalue weighted by molar-refractivity contribution is -0.323. The van der Waals surface area contributed by atoms with Crippen molar-refractivity contribution in [2.45, 2.75) is 6.36 Å². The van der Waals surface area contributed by atoms with Crippen molar-refractivity contribution in [3.8, 4) is 0 Å². The smallest absolute Gasteiger partial charge is 0.328 e. The minimum atomic E-state index is -4.53. The maximum atomic E-state index is 11.0. The van der Waals surface area contributed by atoms with Crippen LogP contribution in [0.15, 0.2) is 0 Å². The molecule has 0 bridgehead atoms. The third kappa shape index (κ3) is 11.5. The largest absolute Gasteiger partial charge is 0.522 e. The molecule has 2 nitrogen and oxygen atoms in total. The van der Waals surface area contributed by atoms with Crippen LogP contribution in [0.1, 0.15) is 0 Å². The van der Waals surface area contributed by atoms with E-state index in [9.17, 15) is 13.2 Å². The molecule has 0 aromatic carbocycles. The molecule has 0 amide bonds. The van der Waals surface area contributed by atoms with Gasteiger partial charge in [0.25, 0.3) is 0 Å². The molecule has 0 aliphatic carbocycles. The fourth-order valence-electron chi connectivity index (χ4n) is 0.175. The maximum absolute atomic E-state index is 11.0. The van der Waals surface area contributed by atoms with Crippen LogP contribution in [-0.2, 0) is 4.74 Å². The van der Waals surface area contributed by atoms with Crippen LogP contribution >= 0.6 is 12.4 Å². The van der Waals surface area contributed by atoms with Gasteiger partial charge in [0, 0.05) is 6.54 Å². The summed E-state index contributed by atoms with van der Waals surface area (Å²) in [6.45, 7) is -0.580. The quantitative estimate of drug-likeness (QED) is 0.660. The second-order valence-electron chi connectivity index (χ2n) is 1.08. The van der Waals surface area contributed by atoms with E-state index in [4.69, 9.17) is 5.73 Å². The van der Waals surface area contributed by atoms with Crippen molar-refractivity contribution in [1.82, 2.24) is 0 Å². The lowest BCUT2D eigenvalue weighted by Gasteiger charge is -2.03. The van der Waals surface area contributed by atoms with E-state index >= 15 is 0 Å². The second-order valence-corrected chi connectivity index (χ2v) is 1.08. The standard InChI is InChI=1S/C3H6F3NO.ClH/c4-3(5,6)8-2-1-7;/h1-2,7H2;1H. The summed E-state index contributed by atoms with van der Waals surface area (Å²) in [5, 5.41) is 0. The number of hydrogen-bond acceptors (Lipinski definition) is 2. The van der Waals surface area contributed by atoms with Crippen molar-refractivity contribution in [3.05, 3.63) is 0 Å². The molecule has 0 fully saturated rings. The van der Waals surface area contributed by atoms with Gasteiger partial charge in [-0.15, -0.1) is 25.6 Å². The molecule has 0 saturated carbocycles. The van der Waals surface area contributed by atoms with E-state index in [1.165, 1.54) is 0 Å². The van der Waals surface area contributed by atoms with E-state index in [2.05, 4.69) is 4.74 Å². The van der Waals surface area contributed by atoms with Crippen LogP contribution in [0.25, 0.3) is 0 Å². The Morgan fingerprint density at radius 3 is 1.89 bits per heavy atom. The third-order valence-electron chi connectivity index (χ3n) is 0.384. The molecule has 0 aromatic heterocycles. The molecule has 9 heavy (non-hydrogen) atoms. The van der Waals surface area contributed by atoms with Crippen molar-refractivity contribution in [2.24, 2.45) is 5.73 Å². The summed E-state index contributed by atoms with van der Waals surface area (Å²) in [5.74, 6) is 0. The zero-order chi connectivity index (χ0) is 6.62. The average Bonchev–Trinajstić information content (AvgIpc) is 1.59. The van der Waals surface area contributed by atoms with Gasteiger partial charge in [-0.3, -0.25) is 4.74 Å². The predicted molar refractivity (Wildman–Crippen MR) is 28.3 cm³/mol.